The molecule has 2 fully saturated rings. The zero-order chi connectivity index (χ0) is 34.4. The number of halogens is 1. The summed E-state index contributed by atoms with van der Waals surface area (Å²) in [6.07, 6.45) is -1.97. The van der Waals surface area contributed by atoms with Gasteiger partial charge in [-0.15, -0.1) is 0 Å². The molecule has 0 aromatic heterocycles. The molecule has 0 spiro atoms. The van der Waals surface area contributed by atoms with Gasteiger partial charge < -0.3 is 24.1 Å². The van der Waals surface area contributed by atoms with Crippen LogP contribution in [0.4, 0.5) is 4.39 Å². The molecule has 2 heterocycles. The lowest BCUT2D eigenvalue weighted by molar-refractivity contribution is -0.198. The van der Waals surface area contributed by atoms with Crippen molar-refractivity contribution in [1.82, 2.24) is 0 Å². The Bertz CT molecular complexity index is 1300. The molecule has 10 nitrogen and oxygen atoms in total. The van der Waals surface area contributed by atoms with E-state index in [-0.39, 0.29) is 32.3 Å². The molecular weight excluding hydrogens is 595 g/mol. The van der Waals surface area contributed by atoms with Crippen LogP contribution in [0.5, 0.6) is 0 Å². The topological polar surface area (TPSA) is 133 Å². The number of ether oxygens (including phenoxy) is 4. The number of rotatable bonds is 5. The lowest BCUT2D eigenvalue weighted by atomic mass is 9.70. The van der Waals surface area contributed by atoms with Crippen LogP contribution in [0.1, 0.15) is 80.7 Å². The summed E-state index contributed by atoms with van der Waals surface area (Å²) in [5.41, 5.74) is -4.02. The van der Waals surface area contributed by atoms with Gasteiger partial charge in [-0.3, -0.25) is 14.6 Å². The molecule has 2 aliphatic rings. The van der Waals surface area contributed by atoms with Gasteiger partial charge in [-0.25, -0.2) is 14.2 Å². The minimum Gasteiger partial charge on any atom is -0.457 e. The second-order valence-corrected chi connectivity index (χ2v) is 13.4. The number of nitrogens with zero attached hydrogens (tertiary/aromatic N) is 2. The van der Waals surface area contributed by atoms with Gasteiger partial charge in [0.15, 0.2) is 5.78 Å². The average Bonchev–Trinajstić information content (AvgIpc) is 3.02. The molecule has 2 aliphatic heterocycles. The Morgan fingerprint density at radius 1 is 1.07 bits per heavy atom. The highest BCUT2D eigenvalue weighted by molar-refractivity contribution is 6.07. The number of amides is 1. The molecule has 256 valence electrons. The predicted molar refractivity (Wildman–Crippen MR) is 172 cm³/mol. The lowest BCUT2D eigenvalue weighted by Crippen LogP contribution is -2.59. The molecule has 0 saturated carbocycles. The van der Waals surface area contributed by atoms with Gasteiger partial charge in [0.25, 0.3) is 5.67 Å². The molecule has 9 atom stereocenters. The monoisotopic (exact) mass is 646 g/mol. The minimum absolute atomic E-state index is 0.00880. The van der Waals surface area contributed by atoms with E-state index in [1.807, 2.05) is 44.2 Å². The van der Waals surface area contributed by atoms with Gasteiger partial charge in [0.2, 0.25) is 5.91 Å². The van der Waals surface area contributed by atoms with E-state index in [1.165, 1.54) is 13.8 Å². The van der Waals surface area contributed by atoms with Crippen molar-refractivity contribution >= 4 is 29.1 Å². The highest BCUT2D eigenvalue weighted by Crippen LogP contribution is 2.40. The Balaban J connectivity index is 2.19. The number of Topliss-reactive ketones (excluding diaryl/α,β-unsaturated/α-hetero) is 1. The number of cyclic esters (lactones) is 1. The third-order valence-electron chi connectivity index (χ3n) is 9.73. The number of carbonyl (C=O) groups excluding carboxylic acids is 3. The molecule has 1 aromatic carbocycles. The number of alkyl halides is 1. The van der Waals surface area contributed by atoms with E-state index in [9.17, 15) is 19.5 Å². The van der Waals surface area contributed by atoms with Gasteiger partial charge in [0.1, 0.15) is 18.4 Å². The summed E-state index contributed by atoms with van der Waals surface area (Å²) in [4.78, 5) is 48.4. The Labute approximate surface area is 272 Å². The van der Waals surface area contributed by atoms with Crippen molar-refractivity contribution < 1.29 is 42.8 Å². The zero-order valence-corrected chi connectivity index (χ0v) is 28.7. The third kappa shape index (κ3) is 8.53. The van der Waals surface area contributed by atoms with E-state index in [4.69, 9.17) is 18.9 Å². The zero-order valence-electron chi connectivity index (χ0n) is 28.7. The highest BCUT2D eigenvalue weighted by atomic mass is 19.1. The van der Waals surface area contributed by atoms with Crippen molar-refractivity contribution in [3.05, 3.63) is 35.9 Å². The number of ketones is 1. The maximum absolute atomic E-state index is 16.1. The molecule has 1 amide bonds. The summed E-state index contributed by atoms with van der Waals surface area (Å²) < 4.78 is 40.5. The predicted octanol–water partition coefficient (Wildman–Crippen LogP) is 5.08. The van der Waals surface area contributed by atoms with Gasteiger partial charge >= 0.3 is 5.97 Å². The molecule has 0 unspecified atom stereocenters. The van der Waals surface area contributed by atoms with Gasteiger partial charge in [-0.1, -0.05) is 65.0 Å². The molecule has 2 bridgehead atoms. The normalized spacial score (nSPS) is 38.5. The molecule has 1 aromatic rings. The number of aliphatic hydroxyl groups is 1. The molecule has 1 N–H and O–H groups in total. The van der Waals surface area contributed by atoms with Gasteiger partial charge in [0, 0.05) is 24.5 Å². The second kappa shape index (κ2) is 15.4. The lowest BCUT2D eigenvalue weighted by Gasteiger charge is -2.44. The summed E-state index contributed by atoms with van der Waals surface area (Å²) in [7, 11) is 0. The first-order chi connectivity index (χ1) is 21.5. The third-order valence-corrected chi connectivity index (χ3v) is 9.73. The first kappa shape index (κ1) is 37.6. The molecular formula is C35H51FN2O8. The number of aliphatic imine (C=N–C) groups is 2. The van der Waals surface area contributed by atoms with Crippen LogP contribution in [-0.2, 0) is 39.9 Å². The Kier molecular flexibility index (Phi) is 12.6. The first-order valence-electron chi connectivity index (χ1n) is 16.1. The molecule has 2 saturated heterocycles. The molecule has 46 heavy (non-hydrogen) atoms. The van der Waals surface area contributed by atoms with Crippen LogP contribution in [0, 0.1) is 23.7 Å². The van der Waals surface area contributed by atoms with Crippen LogP contribution >= 0.6 is 0 Å². The Hall–Kier alpha value is -2.86. The van der Waals surface area contributed by atoms with Gasteiger partial charge in [-0.2, -0.15) is 0 Å². The van der Waals surface area contributed by atoms with Crippen molar-refractivity contribution in [3.8, 4) is 0 Å². The number of hydrogen-bond acceptors (Lipinski definition) is 9. The highest BCUT2D eigenvalue weighted by Gasteiger charge is 2.54. The number of fused-ring (bicyclic) bond motifs is 5. The van der Waals surface area contributed by atoms with E-state index in [0.717, 1.165) is 12.5 Å². The maximum atomic E-state index is 16.1. The van der Waals surface area contributed by atoms with Gasteiger partial charge in [-0.05, 0) is 51.0 Å². The Morgan fingerprint density at radius 2 is 1.72 bits per heavy atom. The minimum atomic E-state index is -2.97. The summed E-state index contributed by atoms with van der Waals surface area (Å²) in [6.45, 7) is 14.5. The quantitative estimate of drug-likeness (QED) is 0.266. The van der Waals surface area contributed by atoms with E-state index in [1.54, 1.807) is 27.7 Å². The fourth-order valence-corrected chi connectivity index (χ4v) is 6.67. The summed E-state index contributed by atoms with van der Waals surface area (Å²) >= 11 is 0. The van der Waals surface area contributed by atoms with Gasteiger partial charge in [0.05, 0.1) is 37.2 Å². The first-order valence-corrected chi connectivity index (χ1v) is 16.1. The van der Waals surface area contributed by atoms with Crippen LogP contribution in [0.25, 0.3) is 0 Å². The largest absolute Gasteiger partial charge is 0.457 e. The number of hydrogen-bond donors (Lipinski definition) is 1. The van der Waals surface area contributed by atoms with Crippen molar-refractivity contribution in [2.75, 3.05) is 19.9 Å². The van der Waals surface area contributed by atoms with Crippen LogP contribution in [0.2, 0.25) is 0 Å². The smallest absolute Gasteiger partial charge is 0.351 e. The summed E-state index contributed by atoms with van der Waals surface area (Å²) in [5.74, 6) is -5.37. The van der Waals surface area contributed by atoms with Crippen molar-refractivity contribution in [2.45, 2.75) is 111 Å². The van der Waals surface area contributed by atoms with E-state index >= 15 is 4.39 Å². The fraction of sp³-hybridized carbons (Fsp3) is 0.686. The summed E-state index contributed by atoms with van der Waals surface area (Å²) in [5, 5.41) is 12.1. The fourth-order valence-electron chi connectivity index (χ4n) is 6.67. The molecule has 0 radical (unpaired) electrons. The number of benzene rings is 1. The maximum Gasteiger partial charge on any atom is 0.351 e. The van der Waals surface area contributed by atoms with E-state index in [0.29, 0.717) is 24.5 Å². The summed E-state index contributed by atoms with van der Waals surface area (Å²) in [6, 6.07) is 9.66. The van der Waals surface area contributed by atoms with Crippen molar-refractivity contribution in [2.24, 2.45) is 33.7 Å². The van der Waals surface area contributed by atoms with Crippen LogP contribution in [-0.4, -0.2) is 83.2 Å². The second-order valence-electron chi connectivity index (χ2n) is 13.4. The van der Waals surface area contributed by atoms with Crippen LogP contribution < -0.4 is 0 Å². The standard InChI is InChI=1S/C35H51FN2O8/c1-10-28-35(9,42)31-23(4)29(38-25(6)39)21(2)16-33(7,24(5)22(3)30(40)34(8,36)32(41)46-28)45-19-27(18-44-31)37-20-43-17-26-14-12-11-13-15-26/h11-15,21-24,28,31,42H,10,16-20H2,1-9H3/t21-,22-,23+,24-,28-,31-,33-,34+,35-/m1/s1. The molecule has 0 aliphatic carbocycles. The average molecular weight is 647 g/mol. The van der Waals surface area contributed by atoms with Crippen LogP contribution in [0.15, 0.2) is 40.3 Å². The number of esters is 1. The molecule has 3 rings (SSSR count). The van der Waals surface area contributed by atoms with E-state index < -0.39 is 64.5 Å². The van der Waals surface area contributed by atoms with Crippen molar-refractivity contribution in [1.29, 1.82) is 0 Å². The van der Waals surface area contributed by atoms with E-state index in [2.05, 4.69) is 9.98 Å². The van der Waals surface area contributed by atoms with Crippen LogP contribution in [0.3, 0.4) is 0 Å². The SMILES string of the molecule is CC[C@H]1OC(=O)[C@@](C)(F)C(=O)[C@H](C)[C@@H](C)[C@@]2(C)C[C@@H](C)C(=NC(C)=O)[C@H](C)[C@@H](OCC(=NCOCc3ccccc3)CO2)[C@]1(C)O. The Morgan fingerprint density at radius 3 is 2.33 bits per heavy atom. The number of carbonyl (C=O) groups is 3. The molecule has 11 heteroatoms. The van der Waals surface area contributed by atoms with Crippen molar-refractivity contribution in [3.63, 3.8) is 0 Å².